The quantitative estimate of drug-likeness (QED) is 0.101. The topological polar surface area (TPSA) is 123 Å². The van der Waals surface area contributed by atoms with Crippen LogP contribution in [0.2, 0.25) is 0 Å². The summed E-state index contributed by atoms with van der Waals surface area (Å²) in [5.74, 6) is -1.53. The molecule has 0 aromatic heterocycles. The molecule has 3 aromatic rings. The highest BCUT2D eigenvalue weighted by molar-refractivity contribution is 7.58. The Bertz CT molecular complexity index is 1750. The number of nitrogens with one attached hydrogen (secondary N) is 1. The number of dihydropyridines is 1. The molecule has 0 spiro atoms. The number of nitrogens with zero attached hydrogens (tertiary/aromatic N) is 3. The lowest BCUT2D eigenvalue weighted by Gasteiger charge is -2.40. The number of ether oxygens (including phenoxy) is 1. The Morgan fingerprint density at radius 1 is 0.920 bits per heavy atom. The van der Waals surface area contributed by atoms with Crippen molar-refractivity contribution in [2.45, 2.75) is 58.3 Å². The molecule has 0 bridgehead atoms. The maximum Gasteiger partial charge on any atom is 0.360 e. The number of non-ortho nitro benzene ring substituents is 1. The third-order valence-corrected chi connectivity index (χ3v) is 12.1. The van der Waals surface area contributed by atoms with Crippen molar-refractivity contribution >= 4 is 19.3 Å². The Morgan fingerprint density at radius 3 is 2.10 bits per heavy atom. The molecule has 0 saturated carbocycles. The minimum atomic E-state index is -3.94. The number of benzene rings is 3. The van der Waals surface area contributed by atoms with E-state index in [2.05, 4.69) is 63.6 Å². The van der Waals surface area contributed by atoms with E-state index in [0.29, 0.717) is 29.9 Å². The SMILES string of the molecule is CC1=C(C(=O)OCCN2CCN(C(c3ccccc3)c3ccccc3)CC2)C(c2cccc([N+](=O)[O-])c2)C(P2(=O)O[C@H](C)C[C@@H](C)O2)=C(C)N1. The van der Waals surface area contributed by atoms with Gasteiger partial charge in [0.1, 0.15) is 6.61 Å². The Morgan fingerprint density at radius 2 is 1.52 bits per heavy atom. The van der Waals surface area contributed by atoms with Crippen LogP contribution in [0.15, 0.2) is 107 Å². The molecule has 3 aliphatic heterocycles. The fourth-order valence-corrected chi connectivity index (χ4v) is 9.86. The van der Waals surface area contributed by atoms with Gasteiger partial charge in [-0.15, -0.1) is 0 Å². The van der Waals surface area contributed by atoms with Crippen molar-refractivity contribution in [3.8, 4) is 0 Å². The summed E-state index contributed by atoms with van der Waals surface area (Å²) in [6, 6.07) is 27.3. The van der Waals surface area contributed by atoms with Crippen molar-refractivity contribution in [1.82, 2.24) is 15.1 Å². The molecule has 3 heterocycles. The average Bonchev–Trinajstić information content (AvgIpc) is 3.09. The number of nitro groups is 1. The van der Waals surface area contributed by atoms with Gasteiger partial charge < -0.3 is 19.1 Å². The van der Waals surface area contributed by atoms with Crippen LogP contribution >= 0.6 is 7.60 Å². The van der Waals surface area contributed by atoms with E-state index in [1.54, 1.807) is 26.0 Å². The second-order valence-corrected chi connectivity index (χ2v) is 15.2. The number of hydrogen-bond donors (Lipinski definition) is 1. The van der Waals surface area contributed by atoms with Crippen LogP contribution in [0, 0.1) is 10.1 Å². The fraction of sp³-hybridized carbons (Fsp3) is 0.395. The summed E-state index contributed by atoms with van der Waals surface area (Å²) in [6.07, 6.45) is -0.147. The van der Waals surface area contributed by atoms with Gasteiger partial charge >= 0.3 is 13.6 Å². The molecule has 0 amide bonds. The molecular weight excluding hydrogens is 655 g/mol. The maximum absolute atomic E-state index is 14.5. The van der Waals surface area contributed by atoms with Crippen LogP contribution in [0.25, 0.3) is 0 Å². The third kappa shape index (κ3) is 7.77. The largest absolute Gasteiger partial charge is 0.461 e. The number of allylic oxidation sites excluding steroid dienone is 3. The zero-order chi connectivity index (χ0) is 35.4. The first-order valence-corrected chi connectivity index (χ1v) is 18.7. The standard InChI is InChI=1S/C38H45N4O7P/c1-26-24-27(2)49-50(46,48-26)37-29(4)39-28(3)34(35(37)32-16-11-17-33(25-32)42(44)45)38(43)47-23-22-40-18-20-41(21-19-40)36(30-12-7-5-8-13-30)31-14-9-6-10-15-31/h5-17,25-27,35-36,39H,18-24H2,1-4H3/t26-,27-,35?/m1/s1. The van der Waals surface area contributed by atoms with Gasteiger partial charge in [-0.3, -0.25) is 24.5 Å². The Hall–Kier alpha value is -4.12. The molecule has 0 radical (unpaired) electrons. The molecule has 6 rings (SSSR count). The molecule has 50 heavy (non-hydrogen) atoms. The van der Waals surface area contributed by atoms with E-state index < -0.39 is 24.4 Å². The highest BCUT2D eigenvalue weighted by Crippen LogP contribution is 2.67. The number of nitro benzene ring substituents is 1. The molecule has 2 fully saturated rings. The molecule has 3 aliphatic rings. The second kappa shape index (κ2) is 15.4. The number of carbonyl (C=O) groups is 1. The first kappa shape index (κ1) is 35.7. The minimum Gasteiger partial charge on any atom is -0.461 e. The van der Waals surface area contributed by atoms with Gasteiger partial charge in [0.15, 0.2) is 0 Å². The molecule has 0 aliphatic carbocycles. The van der Waals surface area contributed by atoms with E-state index in [0.717, 1.165) is 26.2 Å². The average molecular weight is 701 g/mol. The summed E-state index contributed by atoms with van der Waals surface area (Å²) in [6.45, 7) is 11.2. The molecule has 3 aromatic carbocycles. The van der Waals surface area contributed by atoms with Gasteiger partial charge in [-0.05, 0) is 44.4 Å². The van der Waals surface area contributed by atoms with E-state index in [9.17, 15) is 19.5 Å². The fourth-order valence-electron chi connectivity index (χ4n) is 7.40. The zero-order valence-corrected chi connectivity index (χ0v) is 29.9. The normalized spacial score (nSPS) is 25.0. The lowest BCUT2D eigenvalue weighted by Crippen LogP contribution is -2.48. The van der Waals surface area contributed by atoms with E-state index in [1.807, 2.05) is 26.0 Å². The third-order valence-electron chi connectivity index (χ3n) is 9.60. The van der Waals surface area contributed by atoms with Gasteiger partial charge in [0.2, 0.25) is 0 Å². The second-order valence-electron chi connectivity index (χ2n) is 13.3. The van der Waals surface area contributed by atoms with Crippen LogP contribution in [-0.4, -0.2) is 72.2 Å². The van der Waals surface area contributed by atoms with Crippen LogP contribution in [0.3, 0.4) is 0 Å². The zero-order valence-electron chi connectivity index (χ0n) is 29.0. The number of piperazine rings is 1. The molecular formula is C38H45N4O7P. The molecule has 1 N–H and O–H groups in total. The van der Waals surface area contributed by atoms with Gasteiger partial charge in [-0.1, -0.05) is 72.8 Å². The van der Waals surface area contributed by atoms with Crippen LogP contribution in [0.5, 0.6) is 0 Å². The summed E-state index contributed by atoms with van der Waals surface area (Å²) in [5, 5.41) is 15.2. The van der Waals surface area contributed by atoms with Crippen LogP contribution in [0.4, 0.5) is 5.69 Å². The first-order chi connectivity index (χ1) is 24.0. The molecule has 11 nitrogen and oxygen atoms in total. The lowest BCUT2D eigenvalue weighted by molar-refractivity contribution is -0.384. The van der Waals surface area contributed by atoms with Crippen molar-refractivity contribution in [1.29, 1.82) is 0 Å². The van der Waals surface area contributed by atoms with Crippen LogP contribution < -0.4 is 5.32 Å². The van der Waals surface area contributed by atoms with Crippen LogP contribution in [0.1, 0.15) is 62.8 Å². The van der Waals surface area contributed by atoms with Crippen molar-refractivity contribution in [2.24, 2.45) is 0 Å². The van der Waals surface area contributed by atoms with Gasteiger partial charge in [0.25, 0.3) is 5.69 Å². The molecule has 2 saturated heterocycles. The monoisotopic (exact) mass is 700 g/mol. The van der Waals surface area contributed by atoms with Gasteiger partial charge in [0.05, 0.1) is 40.0 Å². The number of esters is 1. The predicted octanol–water partition coefficient (Wildman–Crippen LogP) is 7.14. The Balaban J connectivity index is 1.17. The van der Waals surface area contributed by atoms with Gasteiger partial charge in [0, 0.05) is 62.7 Å². The number of rotatable bonds is 10. The van der Waals surface area contributed by atoms with Crippen molar-refractivity contribution < 1.29 is 28.1 Å². The highest BCUT2D eigenvalue weighted by Gasteiger charge is 2.48. The Kier molecular flexibility index (Phi) is 11.0. The van der Waals surface area contributed by atoms with Gasteiger partial charge in [-0.25, -0.2) is 4.79 Å². The molecule has 3 atom stereocenters. The molecule has 264 valence electrons. The lowest BCUT2D eigenvalue weighted by atomic mass is 9.86. The Labute approximate surface area is 293 Å². The van der Waals surface area contributed by atoms with E-state index in [-0.39, 0.29) is 41.4 Å². The van der Waals surface area contributed by atoms with Crippen molar-refractivity contribution in [3.63, 3.8) is 0 Å². The summed E-state index contributed by atoms with van der Waals surface area (Å²) in [4.78, 5) is 30.1. The van der Waals surface area contributed by atoms with E-state index >= 15 is 0 Å². The van der Waals surface area contributed by atoms with Gasteiger partial charge in [-0.2, -0.15) is 0 Å². The highest BCUT2D eigenvalue weighted by atomic mass is 31.2. The first-order valence-electron chi connectivity index (χ1n) is 17.2. The summed E-state index contributed by atoms with van der Waals surface area (Å²) >= 11 is 0. The summed E-state index contributed by atoms with van der Waals surface area (Å²) < 4.78 is 32.4. The molecule has 12 heteroatoms. The summed E-state index contributed by atoms with van der Waals surface area (Å²) in [5.41, 5.74) is 4.04. The minimum absolute atomic E-state index is 0.144. The number of carbonyl (C=O) groups excluding carboxylic acids is 1. The molecule has 1 unspecified atom stereocenters. The van der Waals surface area contributed by atoms with E-state index in [4.69, 9.17) is 13.8 Å². The van der Waals surface area contributed by atoms with E-state index in [1.165, 1.54) is 23.3 Å². The van der Waals surface area contributed by atoms with Crippen molar-refractivity contribution in [3.05, 3.63) is 134 Å². The van der Waals surface area contributed by atoms with Crippen molar-refractivity contribution in [2.75, 3.05) is 39.3 Å². The summed E-state index contributed by atoms with van der Waals surface area (Å²) in [7, 11) is -3.94. The van der Waals surface area contributed by atoms with Crippen LogP contribution in [-0.2, 0) is 23.1 Å². The maximum atomic E-state index is 14.5. The predicted molar refractivity (Wildman–Crippen MR) is 191 cm³/mol. The smallest absolute Gasteiger partial charge is 0.360 e. The number of hydrogen-bond acceptors (Lipinski definition) is 10.